The van der Waals surface area contributed by atoms with E-state index >= 15 is 0 Å². The molecular formula is C12F10O3P+. The minimum atomic E-state index is -4.19. The smallest absolute Gasteiger partial charge is 0.216 e. The summed E-state index contributed by atoms with van der Waals surface area (Å²) < 4.78 is 149. The zero-order valence-corrected chi connectivity index (χ0v) is 12.3. The molecule has 0 bridgehead atoms. The third-order valence-electron chi connectivity index (χ3n) is 2.67. The van der Waals surface area contributed by atoms with Crippen LogP contribution in [-0.2, 0) is 4.57 Å². The molecule has 0 radical (unpaired) electrons. The zero-order valence-electron chi connectivity index (χ0n) is 11.5. The van der Waals surface area contributed by atoms with Crippen molar-refractivity contribution >= 4 is 8.25 Å². The van der Waals surface area contributed by atoms with E-state index in [0.717, 1.165) is 0 Å². The molecule has 0 aliphatic carbocycles. The second kappa shape index (κ2) is 6.98. The quantitative estimate of drug-likeness (QED) is 0.300. The normalized spacial score (nSPS) is 10.8. The molecule has 0 aliphatic rings. The molecule has 140 valence electrons. The fourth-order valence-electron chi connectivity index (χ4n) is 1.50. The summed E-state index contributed by atoms with van der Waals surface area (Å²) >= 11 is 0. The molecule has 0 aliphatic heterocycles. The third kappa shape index (κ3) is 3.14. The van der Waals surface area contributed by atoms with Gasteiger partial charge in [0.15, 0.2) is 0 Å². The van der Waals surface area contributed by atoms with Crippen LogP contribution in [-0.4, -0.2) is 0 Å². The van der Waals surface area contributed by atoms with Gasteiger partial charge in [-0.25, -0.2) is 35.4 Å². The van der Waals surface area contributed by atoms with Gasteiger partial charge in [0.1, 0.15) is 0 Å². The average molecular weight is 413 g/mol. The predicted molar refractivity (Wildman–Crippen MR) is 61.3 cm³/mol. The molecule has 2 aromatic rings. The van der Waals surface area contributed by atoms with Gasteiger partial charge in [0.05, 0.1) is 0 Å². The van der Waals surface area contributed by atoms with Crippen molar-refractivity contribution in [2.45, 2.75) is 0 Å². The van der Waals surface area contributed by atoms with Crippen molar-refractivity contribution in [3.8, 4) is 11.5 Å². The Kier molecular flexibility index (Phi) is 5.31. The maximum Gasteiger partial charge on any atom is 0.805 e. The fraction of sp³-hybridized carbons (Fsp3) is 0. The monoisotopic (exact) mass is 413 g/mol. The Bertz CT molecular complexity index is 801. The molecule has 0 saturated carbocycles. The van der Waals surface area contributed by atoms with Gasteiger partial charge >= 0.3 is 8.25 Å². The summed E-state index contributed by atoms with van der Waals surface area (Å²) in [6.45, 7) is 0. The van der Waals surface area contributed by atoms with E-state index in [4.69, 9.17) is 0 Å². The summed E-state index contributed by atoms with van der Waals surface area (Å²) in [5, 5.41) is 0. The van der Waals surface area contributed by atoms with Crippen LogP contribution in [0.15, 0.2) is 0 Å². The molecule has 0 heterocycles. The highest BCUT2D eigenvalue weighted by Crippen LogP contribution is 2.39. The Morgan fingerprint density at radius 3 is 0.846 bits per heavy atom. The van der Waals surface area contributed by atoms with Gasteiger partial charge in [0, 0.05) is 4.57 Å². The van der Waals surface area contributed by atoms with Gasteiger partial charge in [0.25, 0.3) is 11.5 Å². The molecular weight excluding hydrogens is 413 g/mol. The first kappa shape index (κ1) is 19.8. The number of benzene rings is 2. The largest absolute Gasteiger partial charge is 0.805 e. The number of halogens is 10. The molecule has 26 heavy (non-hydrogen) atoms. The van der Waals surface area contributed by atoms with Crippen molar-refractivity contribution in [2.75, 3.05) is 0 Å². The van der Waals surface area contributed by atoms with Crippen molar-refractivity contribution in [2.24, 2.45) is 0 Å². The first-order valence-electron chi connectivity index (χ1n) is 5.85. The highest BCUT2D eigenvalue weighted by molar-refractivity contribution is 7.34. The molecule has 0 amide bonds. The van der Waals surface area contributed by atoms with E-state index in [0.29, 0.717) is 0 Å². The molecule has 0 spiro atoms. The van der Waals surface area contributed by atoms with Gasteiger partial charge in [-0.1, -0.05) is 0 Å². The van der Waals surface area contributed by atoms with Crippen LogP contribution in [0.3, 0.4) is 0 Å². The van der Waals surface area contributed by atoms with E-state index in [1.54, 1.807) is 0 Å². The van der Waals surface area contributed by atoms with Crippen molar-refractivity contribution in [1.82, 2.24) is 0 Å². The first-order valence-corrected chi connectivity index (χ1v) is 6.94. The van der Waals surface area contributed by atoms with Crippen molar-refractivity contribution < 1.29 is 57.5 Å². The molecule has 0 saturated heterocycles. The van der Waals surface area contributed by atoms with Gasteiger partial charge in [-0.15, -0.1) is 0 Å². The van der Waals surface area contributed by atoms with E-state index < -0.39 is 77.9 Å². The van der Waals surface area contributed by atoms with Crippen molar-refractivity contribution in [3.63, 3.8) is 0 Å². The predicted octanol–water partition coefficient (Wildman–Crippen LogP) is 5.19. The van der Waals surface area contributed by atoms with Crippen LogP contribution in [0.1, 0.15) is 0 Å². The topological polar surface area (TPSA) is 35.5 Å². The van der Waals surface area contributed by atoms with Gasteiger partial charge in [0.2, 0.25) is 58.2 Å². The average Bonchev–Trinajstić information content (AvgIpc) is 2.62. The number of rotatable bonds is 4. The van der Waals surface area contributed by atoms with Gasteiger partial charge < -0.3 is 0 Å². The van der Waals surface area contributed by atoms with E-state index in [-0.39, 0.29) is 0 Å². The second-order valence-corrected chi connectivity index (χ2v) is 5.02. The maximum atomic E-state index is 13.3. The lowest BCUT2D eigenvalue weighted by molar-refractivity contribution is 0.319. The summed E-state index contributed by atoms with van der Waals surface area (Å²) in [7, 11) is -4.19. The van der Waals surface area contributed by atoms with Crippen LogP contribution in [0.4, 0.5) is 43.9 Å². The van der Waals surface area contributed by atoms with Crippen LogP contribution < -0.4 is 9.05 Å². The molecule has 0 fully saturated rings. The Labute approximate surface area is 136 Å². The molecule has 0 aromatic heterocycles. The van der Waals surface area contributed by atoms with E-state index in [9.17, 15) is 48.5 Å². The van der Waals surface area contributed by atoms with Crippen molar-refractivity contribution in [1.29, 1.82) is 0 Å². The molecule has 0 unspecified atom stereocenters. The SMILES string of the molecule is O=[P+](Oc1c(F)c(F)c(F)c(F)c1F)Oc1c(F)c(F)c(F)c(F)c1F. The van der Waals surface area contributed by atoms with Gasteiger partial charge in [-0.3, -0.25) is 0 Å². The molecule has 14 heteroatoms. The minimum Gasteiger partial charge on any atom is -0.216 e. The third-order valence-corrected chi connectivity index (χ3v) is 3.33. The molecule has 0 N–H and O–H groups in total. The molecule has 0 atom stereocenters. The standard InChI is InChI=1S/C12F10O3P/c13-1-3(15)7(19)11(8(20)4(1)16)24-26(23)25-12-9(21)5(17)2(14)6(18)10(12)22/q+1. The summed E-state index contributed by atoms with van der Waals surface area (Å²) in [5.41, 5.74) is 0. The summed E-state index contributed by atoms with van der Waals surface area (Å²) in [6, 6.07) is 0. The van der Waals surface area contributed by atoms with Gasteiger partial charge in [-0.05, 0) is 0 Å². The highest BCUT2D eigenvalue weighted by atomic mass is 31.1. The minimum absolute atomic E-state index is 2.16. The first-order chi connectivity index (χ1) is 12.0. The van der Waals surface area contributed by atoms with Crippen LogP contribution in [0.25, 0.3) is 0 Å². The molecule has 2 aromatic carbocycles. The summed E-state index contributed by atoms with van der Waals surface area (Å²) in [5.74, 6) is -30.0. The van der Waals surface area contributed by atoms with Crippen LogP contribution >= 0.6 is 8.25 Å². The lowest BCUT2D eigenvalue weighted by atomic mass is 10.3. The van der Waals surface area contributed by atoms with E-state index in [1.807, 2.05) is 0 Å². The summed E-state index contributed by atoms with van der Waals surface area (Å²) in [6.07, 6.45) is 0. The second-order valence-electron chi connectivity index (χ2n) is 4.20. The molecule has 2 rings (SSSR count). The van der Waals surface area contributed by atoms with Gasteiger partial charge in [-0.2, -0.15) is 17.6 Å². The molecule has 3 nitrogen and oxygen atoms in total. The lowest BCUT2D eigenvalue weighted by Gasteiger charge is -2.04. The van der Waals surface area contributed by atoms with Crippen LogP contribution in [0.5, 0.6) is 11.5 Å². The van der Waals surface area contributed by atoms with E-state index in [1.165, 1.54) is 0 Å². The highest BCUT2D eigenvalue weighted by Gasteiger charge is 2.39. The van der Waals surface area contributed by atoms with Crippen LogP contribution in [0, 0.1) is 58.2 Å². The van der Waals surface area contributed by atoms with Crippen LogP contribution in [0.2, 0.25) is 0 Å². The lowest BCUT2D eigenvalue weighted by Crippen LogP contribution is -2.06. The zero-order chi connectivity index (χ0) is 19.9. The Morgan fingerprint density at radius 2 is 0.615 bits per heavy atom. The number of hydrogen-bond acceptors (Lipinski definition) is 3. The Hall–Kier alpha value is -2.56. The maximum absolute atomic E-state index is 13.3. The van der Waals surface area contributed by atoms with E-state index in [2.05, 4.69) is 9.05 Å². The fourth-order valence-corrected chi connectivity index (χ4v) is 2.15. The Balaban J connectivity index is 2.41. The Morgan fingerprint density at radius 1 is 0.423 bits per heavy atom. The van der Waals surface area contributed by atoms with Crippen molar-refractivity contribution in [3.05, 3.63) is 58.2 Å². The summed E-state index contributed by atoms with van der Waals surface area (Å²) in [4.78, 5) is 0. The number of hydrogen-bond donors (Lipinski definition) is 0.